The Labute approximate surface area is 123 Å². The first-order valence-electron chi connectivity index (χ1n) is 6.75. The van der Waals surface area contributed by atoms with E-state index in [4.69, 9.17) is 4.74 Å². The maximum atomic E-state index is 11.2. The van der Waals surface area contributed by atoms with E-state index in [1.165, 1.54) is 6.07 Å². The van der Waals surface area contributed by atoms with Gasteiger partial charge in [-0.3, -0.25) is 4.68 Å². The van der Waals surface area contributed by atoms with Crippen LogP contribution in [0.2, 0.25) is 0 Å². The van der Waals surface area contributed by atoms with Crippen molar-refractivity contribution in [3.63, 3.8) is 0 Å². The van der Waals surface area contributed by atoms with E-state index in [9.17, 15) is 9.90 Å². The summed E-state index contributed by atoms with van der Waals surface area (Å²) in [4.78, 5) is 15.6. The second kappa shape index (κ2) is 5.55. The summed E-state index contributed by atoms with van der Waals surface area (Å²) in [6.07, 6.45) is 3.32. The molecule has 0 aliphatic carbocycles. The Hall–Kier alpha value is -2.37. The monoisotopic (exact) mass is 289 g/mol. The molecule has 2 heterocycles. The predicted octanol–water partition coefficient (Wildman–Crippen LogP) is 3.09. The van der Waals surface area contributed by atoms with Crippen molar-refractivity contribution < 1.29 is 14.6 Å². The van der Waals surface area contributed by atoms with Gasteiger partial charge in [0.1, 0.15) is 0 Å². The number of carboxylic acids is 1. The molecule has 0 saturated heterocycles. The lowest BCUT2D eigenvalue weighted by Gasteiger charge is -2.19. The first-order chi connectivity index (χ1) is 9.79. The summed E-state index contributed by atoms with van der Waals surface area (Å²) in [5.41, 5.74) is 0.560. The average molecular weight is 289 g/mol. The Balaban J connectivity index is 2.38. The highest BCUT2D eigenvalue weighted by atomic mass is 16.5. The molecule has 0 spiro atoms. The van der Waals surface area contributed by atoms with Crippen LogP contribution in [0.25, 0.3) is 0 Å². The summed E-state index contributed by atoms with van der Waals surface area (Å²) >= 11 is 0. The van der Waals surface area contributed by atoms with Crippen LogP contribution in [0.4, 0.5) is 0 Å². The number of nitrogens with zero attached hydrogens (tertiary/aromatic N) is 3. The van der Waals surface area contributed by atoms with Gasteiger partial charge in [0.05, 0.1) is 23.7 Å². The molecule has 2 rings (SSSR count). The van der Waals surface area contributed by atoms with E-state index in [0.717, 1.165) is 6.54 Å². The van der Waals surface area contributed by atoms with Crippen molar-refractivity contribution in [2.75, 3.05) is 0 Å². The van der Waals surface area contributed by atoms with E-state index < -0.39 is 5.97 Å². The number of carboxylic acid groups (broad SMARTS) is 1. The van der Waals surface area contributed by atoms with Crippen molar-refractivity contribution in [3.8, 4) is 11.6 Å². The lowest BCUT2D eigenvalue weighted by molar-refractivity contribution is 0.0696. The molecule has 0 amide bonds. The number of aromatic carboxylic acids is 1. The van der Waals surface area contributed by atoms with Crippen molar-refractivity contribution in [1.29, 1.82) is 0 Å². The van der Waals surface area contributed by atoms with Crippen molar-refractivity contribution in [1.82, 2.24) is 14.8 Å². The normalized spacial score (nSPS) is 11.4. The number of ether oxygens (including phenoxy) is 1. The molecule has 0 fully saturated rings. The summed E-state index contributed by atoms with van der Waals surface area (Å²) in [5.74, 6) is -0.209. The van der Waals surface area contributed by atoms with Crippen LogP contribution in [0.1, 0.15) is 43.7 Å². The summed E-state index contributed by atoms with van der Waals surface area (Å²) in [6, 6.07) is 2.99. The largest absolute Gasteiger partial charge is 0.478 e. The first kappa shape index (κ1) is 15.0. The van der Waals surface area contributed by atoms with Crippen LogP contribution in [0, 0.1) is 0 Å². The Kier molecular flexibility index (Phi) is 3.97. The summed E-state index contributed by atoms with van der Waals surface area (Å²) in [5, 5.41) is 13.3. The molecule has 0 radical (unpaired) electrons. The van der Waals surface area contributed by atoms with E-state index >= 15 is 0 Å². The number of aromatic nitrogens is 3. The van der Waals surface area contributed by atoms with Gasteiger partial charge in [0.25, 0.3) is 0 Å². The highest BCUT2D eigenvalue weighted by Crippen LogP contribution is 2.26. The first-order valence-corrected chi connectivity index (χ1v) is 6.75. The molecule has 0 aliphatic rings. The fourth-order valence-electron chi connectivity index (χ4n) is 1.76. The van der Waals surface area contributed by atoms with Gasteiger partial charge < -0.3 is 9.84 Å². The van der Waals surface area contributed by atoms with Crippen LogP contribution in [0.3, 0.4) is 0 Å². The third-order valence-corrected chi connectivity index (χ3v) is 2.97. The van der Waals surface area contributed by atoms with Crippen LogP contribution < -0.4 is 4.74 Å². The van der Waals surface area contributed by atoms with Gasteiger partial charge in [0.2, 0.25) is 5.88 Å². The van der Waals surface area contributed by atoms with E-state index in [2.05, 4.69) is 10.1 Å². The van der Waals surface area contributed by atoms with Crippen molar-refractivity contribution in [2.24, 2.45) is 0 Å². The van der Waals surface area contributed by atoms with Crippen LogP contribution in [0.15, 0.2) is 24.5 Å². The summed E-state index contributed by atoms with van der Waals surface area (Å²) in [6.45, 7) is 8.62. The molecule has 0 unspecified atom stereocenters. The fraction of sp³-hybridized carbons (Fsp3) is 0.400. The van der Waals surface area contributed by atoms with Crippen LogP contribution >= 0.6 is 0 Å². The average Bonchev–Trinajstić information content (AvgIpc) is 2.85. The van der Waals surface area contributed by atoms with Crippen molar-refractivity contribution in [2.45, 2.75) is 39.7 Å². The lowest BCUT2D eigenvalue weighted by atomic mass is 9.91. The van der Waals surface area contributed by atoms with Gasteiger partial charge in [-0.15, -0.1) is 0 Å². The number of hydrogen-bond donors (Lipinski definition) is 1. The van der Waals surface area contributed by atoms with Gasteiger partial charge in [-0.1, -0.05) is 20.8 Å². The minimum atomic E-state index is -1.00. The molecule has 0 aromatic carbocycles. The van der Waals surface area contributed by atoms with Gasteiger partial charge in [-0.25, -0.2) is 9.78 Å². The molecular weight excluding hydrogens is 270 g/mol. The van der Waals surface area contributed by atoms with E-state index in [-0.39, 0.29) is 16.9 Å². The minimum absolute atomic E-state index is 0.160. The van der Waals surface area contributed by atoms with Crippen LogP contribution in [0.5, 0.6) is 11.6 Å². The summed E-state index contributed by atoms with van der Waals surface area (Å²) in [7, 11) is 0. The van der Waals surface area contributed by atoms with Gasteiger partial charge in [0, 0.05) is 18.0 Å². The molecule has 0 atom stereocenters. The molecule has 6 heteroatoms. The van der Waals surface area contributed by atoms with Crippen molar-refractivity contribution in [3.05, 3.63) is 35.8 Å². The summed E-state index contributed by atoms with van der Waals surface area (Å²) < 4.78 is 7.35. The lowest BCUT2D eigenvalue weighted by Crippen LogP contribution is -2.15. The zero-order valence-corrected chi connectivity index (χ0v) is 12.6. The molecule has 2 aromatic heterocycles. The molecule has 112 valence electrons. The standard InChI is InChI=1S/C15H19N3O3/c1-5-18-9-11(8-16-18)21-13-7-10(14(19)20)6-12(17-13)15(2,3)4/h6-9H,5H2,1-4H3,(H,19,20). The molecule has 2 aromatic rings. The van der Waals surface area contributed by atoms with Crippen LogP contribution in [-0.2, 0) is 12.0 Å². The third-order valence-electron chi connectivity index (χ3n) is 2.97. The molecule has 6 nitrogen and oxygen atoms in total. The van der Waals surface area contributed by atoms with Gasteiger partial charge >= 0.3 is 5.97 Å². The minimum Gasteiger partial charge on any atom is -0.478 e. The number of carbonyl (C=O) groups is 1. The van der Waals surface area contributed by atoms with Gasteiger partial charge in [-0.2, -0.15) is 5.10 Å². The van der Waals surface area contributed by atoms with E-state index in [1.54, 1.807) is 23.1 Å². The Morgan fingerprint density at radius 3 is 2.62 bits per heavy atom. The molecule has 0 aliphatic heterocycles. The maximum Gasteiger partial charge on any atom is 0.335 e. The van der Waals surface area contributed by atoms with E-state index in [1.807, 2.05) is 27.7 Å². The second-order valence-corrected chi connectivity index (χ2v) is 5.77. The number of hydrogen-bond acceptors (Lipinski definition) is 4. The number of aryl methyl sites for hydroxylation is 1. The highest BCUT2D eigenvalue weighted by molar-refractivity contribution is 5.88. The molecule has 0 bridgehead atoms. The van der Waals surface area contributed by atoms with E-state index in [0.29, 0.717) is 11.4 Å². The van der Waals surface area contributed by atoms with Gasteiger partial charge in [0.15, 0.2) is 5.75 Å². The highest BCUT2D eigenvalue weighted by Gasteiger charge is 2.20. The molecular formula is C15H19N3O3. The number of pyridine rings is 1. The number of rotatable bonds is 4. The zero-order valence-electron chi connectivity index (χ0n) is 12.6. The molecule has 21 heavy (non-hydrogen) atoms. The smallest absolute Gasteiger partial charge is 0.335 e. The Morgan fingerprint density at radius 1 is 1.38 bits per heavy atom. The van der Waals surface area contributed by atoms with Gasteiger partial charge in [-0.05, 0) is 13.0 Å². The predicted molar refractivity (Wildman–Crippen MR) is 77.9 cm³/mol. The third kappa shape index (κ3) is 3.59. The fourth-order valence-corrected chi connectivity index (χ4v) is 1.76. The Bertz CT molecular complexity index is 656. The van der Waals surface area contributed by atoms with Crippen LogP contribution in [-0.4, -0.2) is 25.8 Å². The molecule has 1 N–H and O–H groups in total. The Morgan fingerprint density at radius 2 is 2.10 bits per heavy atom. The second-order valence-electron chi connectivity index (χ2n) is 5.77. The topological polar surface area (TPSA) is 77.2 Å². The quantitative estimate of drug-likeness (QED) is 0.935. The molecule has 0 saturated carbocycles. The SMILES string of the molecule is CCn1cc(Oc2cc(C(=O)O)cc(C(C)(C)C)n2)cn1. The maximum absolute atomic E-state index is 11.2. The van der Waals surface area contributed by atoms with Crippen molar-refractivity contribution >= 4 is 5.97 Å². The zero-order chi connectivity index (χ0) is 15.6.